The quantitative estimate of drug-likeness (QED) is 0.736. The van der Waals surface area contributed by atoms with Gasteiger partial charge in [-0.3, -0.25) is 4.79 Å². The number of rotatable bonds is 4. The molecule has 6 nitrogen and oxygen atoms in total. The van der Waals surface area contributed by atoms with Gasteiger partial charge in [0.2, 0.25) is 5.91 Å². The van der Waals surface area contributed by atoms with Crippen molar-refractivity contribution in [3.63, 3.8) is 0 Å². The zero-order valence-corrected chi connectivity index (χ0v) is 14.9. The first-order valence-electron chi connectivity index (χ1n) is 6.57. The topological polar surface area (TPSA) is 79.2 Å². The van der Waals surface area contributed by atoms with Crippen molar-refractivity contribution >= 4 is 43.2 Å². The van der Waals surface area contributed by atoms with Gasteiger partial charge in [-0.05, 0) is 30.3 Å². The molecular formula is C15H14BrN3O3S. The van der Waals surface area contributed by atoms with Crippen molar-refractivity contribution in [2.24, 2.45) is 9.63 Å². The Hall–Kier alpha value is -2.06. The van der Waals surface area contributed by atoms with Crippen LogP contribution in [-0.4, -0.2) is 21.4 Å². The molecule has 0 heterocycles. The molecule has 0 radical (unpaired) electrons. The molecule has 2 aromatic rings. The first-order valence-corrected chi connectivity index (χ1v) is 8.81. The Bertz CT molecular complexity index is 852. The summed E-state index contributed by atoms with van der Waals surface area (Å²) in [5, 5.41) is 3.79. The summed E-state index contributed by atoms with van der Waals surface area (Å²) >= 11 is 3.31. The zero-order valence-electron chi connectivity index (χ0n) is 12.5. The maximum atomic E-state index is 12.1. The van der Waals surface area contributed by atoms with Crippen LogP contribution in [0.4, 0.5) is 11.4 Å². The maximum absolute atomic E-state index is 12.1. The Morgan fingerprint density at radius 1 is 1.13 bits per heavy atom. The second kappa shape index (κ2) is 7.01. The number of carbonyl (C=O) groups excluding carboxylic acids is 1. The molecule has 0 saturated heterocycles. The summed E-state index contributed by atoms with van der Waals surface area (Å²) in [6.45, 7) is 1.43. The Morgan fingerprint density at radius 2 is 1.78 bits per heavy atom. The highest BCUT2D eigenvalue weighted by Crippen LogP contribution is 2.28. The molecular weight excluding hydrogens is 382 g/mol. The molecule has 0 unspecified atom stereocenters. The molecule has 2 rings (SSSR count). The van der Waals surface area contributed by atoms with Crippen molar-refractivity contribution in [2.75, 3.05) is 11.9 Å². The van der Waals surface area contributed by atoms with Crippen LogP contribution in [0.15, 0.2) is 67.5 Å². The fourth-order valence-electron chi connectivity index (χ4n) is 1.73. The second-order valence-corrected chi connectivity index (χ2v) is 7.22. The highest BCUT2D eigenvalue weighted by molar-refractivity contribution is 9.10. The summed E-state index contributed by atoms with van der Waals surface area (Å²) in [6.07, 6.45) is 0. The average molecular weight is 396 g/mol. The van der Waals surface area contributed by atoms with Crippen LogP contribution in [0.25, 0.3) is 0 Å². The van der Waals surface area contributed by atoms with Crippen LogP contribution in [-0.2, 0) is 14.8 Å². The zero-order chi connectivity index (χ0) is 17.0. The number of sulfonamides is 1. The van der Waals surface area contributed by atoms with Crippen LogP contribution in [0.1, 0.15) is 6.92 Å². The Kier molecular flexibility index (Phi) is 5.27. The number of hydrogen-bond acceptors (Lipinski definition) is 4. The molecule has 0 N–H and O–H groups in total. The number of amides is 1. The Balaban J connectivity index is 2.35. The molecule has 2 aromatic carbocycles. The van der Waals surface area contributed by atoms with E-state index in [1.807, 2.05) is 0 Å². The molecule has 0 saturated carbocycles. The fourth-order valence-corrected chi connectivity index (χ4v) is 3.00. The van der Waals surface area contributed by atoms with Crippen molar-refractivity contribution in [1.29, 1.82) is 0 Å². The van der Waals surface area contributed by atoms with Gasteiger partial charge in [-0.15, -0.1) is 5.11 Å². The minimum absolute atomic E-state index is 0.0693. The van der Waals surface area contributed by atoms with Gasteiger partial charge in [-0.1, -0.05) is 38.6 Å². The largest absolute Gasteiger partial charge is 0.316 e. The standard InChI is InChI=1S/C15H14BrN3O3S/c1-11(20)19(2)14-9-12(16)8-13(10-14)17-18-23(21,22)15-6-4-3-5-7-15/h3-10H,1-2H3/b18-17+. The highest BCUT2D eigenvalue weighted by Gasteiger charge is 2.12. The lowest BCUT2D eigenvalue weighted by atomic mass is 10.2. The summed E-state index contributed by atoms with van der Waals surface area (Å²) in [4.78, 5) is 12.9. The highest BCUT2D eigenvalue weighted by atomic mass is 79.9. The van der Waals surface area contributed by atoms with E-state index in [0.717, 1.165) is 0 Å². The first kappa shape index (κ1) is 17.3. The monoisotopic (exact) mass is 395 g/mol. The van der Waals surface area contributed by atoms with E-state index in [2.05, 4.69) is 25.6 Å². The van der Waals surface area contributed by atoms with Crippen molar-refractivity contribution in [3.8, 4) is 0 Å². The van der Waals surface area contributed by atoms with Crippen LogP contribution in [0, 0.1) is 0 Å². The predicted octanol–water partition coefficient (Wildman–Crippen LogP) is 3.90. The SMILES string of the molecule is CC(=O)N(C)c1cc(Br)cc(/N=N/S(=O)(=O)c2ccccc2)c1. The van der Waals surface area contributed by atoms with Crippen LogP contribution in [0.5, 0.6) is 0 Å². The third-order valence-electron chi connectivity index (χ3n) is 3.03. The van der Waals surface area contributed by atoms with Gasteiger partial charge in [0.15, 0.2) is 0 Å². The summed E-state index contributed by atoms with van der Waals surface area (Å²) in [7, 11) is -2.24. The van der Waals surface area contributed by atoms with E-state index in [-0.39, 0.29) is 10.8 Å². The summed E-state index contributed by atoms with van der Waals surface area (Å²) in [5.74, 6) is -0.150. The van der Waals surface area contributed by atoms with Gasteiger partial charge < -0.3 is 4.90 Å². The normalized spacial score (nSPS) is 11.6. The predicted molar refractivity (Wildman–Crippen MR) is 91.4 cm³/mol. The molecule has 0 aliphatic heterocycles. The Labute approximate surface area is 143 Å². The minimum Gasteiger partial charge on any atom is -0.316 e. The van der Waals surface area contributed by atoms with Crippen LogP contribution < -0.4 is 4.90 Å². The fraction of sp³-hybridized carbons (Fsp3) is 0.133. The molecule has 8 heteroatoms. The molecule has 23 heavy (non-hydrogen) atoms. The van der Waals surface area contributed by atoms with Gasteiger partial charge >= 0.3 is 0 Å². The van der Waals surface area contributed by atoms with Gasteiger partial charge in [0.1, 0.15) is 0 Å². The lowest BCUT2D eigenvalue weighted by molar-refractivity contribution is -0.116. The van der Waals surface area contributed by atoms with E-state index in [1.165, 1.54) is 24.0 Å². The molecule has 0 spiro atoms. The van der Waals surface area contributed by atoms with E-state index in [0.29, 0.717) is 15.8 Å². The number of halogens is 1. The smallest absolute Gasteiger partial charge is 0.299 e. The molecule has 0 aliphatic carbocycles. The van der Waals surface area contributed by atoms with Gasteiger partial charge in [-0.25, -0.2) is 0 Å². The molecule has 0 aromatic heterocycles. The van der Waals surface area contributed by atoms with Gasteiger partial charge in [0.05, 0.1) is 10.6 Å². The Morgan fingerprint density at radius 3 is 2.39 bits per heavy atom. The molecule has 1 amide bonds. The summed E-state index contributed by atoms with van der Waals surface area (Å²) in [6, 6.07) is 12.8. The maximum Gasteiger partial charge on any atom is 0.299 e. The average Bonchev–Trinajstić information content (AvgIpc) is 2.52. The molecule has 120 valence electrons. The van der Waals surface area contributed by atoms with E-state index in [1.54, 1.807) is 43.4 Å². The van der Waals surface area contributed by atoms with Gasteiger partial charge in [-0.2, -0.15) is 8.42 Å². The number of benzene rings is 2. The van der Waals surface area contributed by atoms with E-state index in [4.69, 9.17) is 0 Å². The van der Waals surface area contributed by atoms with Crippen molar-refractivity contribution in [1.82, 2.24) is 0 Å². The summed E-state index contributed by atoms with van der Waals surface area (Å²) < 4.78 is 28.3. The molecule has 0 atom stereocenters. The third kappa shape index (κ3) is 4.46. The molecule has 0 bridgehead atoms. The van der Waals surface area contributed by atoms with E-state index in [9.17, 15) is 13.2 Å². The number of hydrogen-bond donors (Lipinski definition) is 0. The second-order valence-electron chi connectivity index (χ2n) is 4.72. The van der Waals surface area contributed by atoms with Crippen LogP contribution in [0.2, 0.25) is 0 Å². The van der Waals surface area contributed by atoms with Crippen molar-refractivity contribution in [3.05, 3.63) is 53.0 Å². The van der Waals surface area contributed by atoms with Gasteiger partial charge in [0, 0.05) is 24.1 Å². The summed E-state index contributed by atoms with van der Waals surface area (Å²) in [5.41, 5.74) is 0.903. The van der Waals surface area contributed by atoms with E-state index < -0.39 is 10.0 Å². The van der Waals surface area contributed by atoms with Crippen molar-refractivity contribution in [2.45, 2.75) is 11.8 Å². The lowest BCUT2D eigenvalue weighted by Gasteiger charge is -2.15. The number of carbonyl (C=O) groups is 1. The van der Waals surface area contributed by atoms with Crippen molar-refractivity contribution < 1.29 is 13.2 Å². The van der Waals surface area contributed by atoms with Gasteiger partial charge in [0.25, 0.3) is 10.0 Å². The number of anilines is 1. The lowest BCUT2D eigenvalue weighted by Crippen LogP contribution is -2.22. The molecule has 0 aliphatic rings. The minimum atomic E-state index is -3.86. The first-order chi connectivity index (χ1) is 10.8. The van der Waals surface area contributed by atoms with E-state index >= 15 is 0 Å². The third-order valence-corrected chi connectivity index (χ3v) is 4.65. The van der Waals surface area contributed by atoms with Crippen LogP contribution in [0.3, 0.4) is 0 Å². The van der Waals surface area contributed by atoms with Crippen LogP contribution >= 0.6 is 15.9 Å². The molecule has 0 fully saturated rings. The number of nitrogens with zero attached hydrogens (tertiary/aromatic N) is 3.